The van der Waals surface area contributed by atoms with Crippen LogP contribution in [-0.4, -0.2) is 19.1 Å². The predicted octanol–water partition coefficient (Wildman–Crippen LogP) is 12.8. The van der Waals surface area contributed by atoms with Gasteiger partial charge in [-0.3, -0.25) is 9.13 Å². The highest BCUT2D eigenvalue weighted by molar-refractivity contribution is 6.15. The molecule has 58 heavy (non-hydrogen) atoms. The molecule has 0 fully saturated rings. The highest BCUT2D eigenvalue weighted by Gasteiger charge is 2.41. The van der Waals surface area contributed by atoms with Crippen molar-refractivity contribution in [3.05, 3.63) is 179 Å². The van der Waals surface area contributed by atoms with Crippen molar-refractivity contribution in [1.82, 2.24) is 19.1 Å². The van der Waals surface area contributed by atoms with Crippen molar-refractivity contribution in [3.63, 3.8) is 0 Å². The zero-order valence-corrected chi connectivity index (χ0v) is 32.7. The van der Waals surface area contributed by atoms with Crippen molar-refractivity contribution in [2.24, 2.45) is 0 Å². The SMILES string of the molecule is CC1(C)c2ccccc2-c2ccc3c4ccccc4n(-c4nc(-c5ccccc5)nc(-n5c6ccccc6c6ccc7c(c65)C(C)(C)c5ccccc5-7)c4C#N)c3c21. The van der Waals surface area contributed by atoms with Gasteiger partial charge in [-0.1, -0.05) is 167 Å². The number of para-hydroxylation sites is 2. The van der Waals surface area contributed by atoms with Gasteiger partial charge in [-0.05, 0) is 56.6 Å². The first-order chi connectivity index (χ1) is 28.3. The monoisotopic (exact) mass is 743 g/mol. The largest absolute Gasteiger partial charge is 0.292 e. The molecule has 12 rings (SSSR count). The number of nitriles is 1. The quantitative estimate of drug-likeness (QED) is 0.181. The second kappa shape index (κ2) is 11.4. The molecule has 0 saturated carbocycles. The van der Waals surface area contributed by atoms with Crippen LogP contribution in [0.3, 0.4) is 0 Å². The van der Waals surface area contributed by atoms with Gasteiger partial charge in [0.05, 0.1) is 22.1 Å². The maximum absolute atomic E-state index is 11.7. The minimum atomic E-state index is -0.309. The maximum Gasteiger partial charge on any atom is 0.164 e. The summed E-state index contributed by atoms with van der Waals surface area (Å²) in [6, 6.07) is 56.6. The van der Waals surface area contributed by atoms with Crippen LogP contribution in [0, 0.1) is 11.3 Å². The summed E-state index contributed by atoms with van der Waals surface area (Å²) in [5.41, 5.74) is 14.8. The second-order valence-electron chi connectivity index (χ2n) is 16.9. The standard InChI is InChI=1S/C53H37N5/c1-52(2)41-22-12-8-18-32(41)36-26-28-38-34-20-10-14-24-43(34)57(47(38)45(36)52)50-40(30-54)51(56-49(55-50)31-16-6-5-7-17-31)58-44-25-15-11-21-35(44)39-29-27-37-33-19-9-13-23-42(33)53(3,4)46(37)48(39)58/h5-29H,1-4H3. The Kier molecular flexibility index (Phi) is 6.47. The highest BCUT2D eigenvalue weighted by atomic mass is 15.2. The fourth-order valence-corrected chi connectivity index (χ4v) is 10.6. The number of hydrogen-bond acceptors (Lipinski definition) is 3. The molecule has 0 aliphatic heterocycles. The van der Waals surface area contributed by atoms with Crippen molar-refractivity contribution >= 4 is 43.6 Å². The van der Waals surface area contributed by atoms with Gasteiger partial charge in [-0.25, -0.2) is 9.97 Å². The molecule has 2 aliphatic carbocycles. The Hall–Kier alpha value is -7.29. The molecule has 0 N–H and O–H groups in total. The third kappa shape index (κ3) is 4.09. The lowest BCUT2D eigenvalue weighted by Gasteiger charge is -2.25. The first-order valence-corrected chi connectivity index (χ1v) is 20.0. The topological polar surface area (TPSA) is 59.4 Å². The minimum Gasteiger partial charge on any atom is -0.292 e. The Morgan fingerprint density at radius 1 is 0.448 bits per heavy atom. The van der Waals surface area contributed by atoms with E-state index in [1.54, 1.807) is 0 Å². The smallest absolute Gasteiger partial charge is 0.164 e. The van der Waals surface area contributed by atoms with Crippen molar-refractivity contribution in [1.29, 1.82) is 5.26 Å². The van der Waals surface area contributed by atoms with Crippen LogP contribution < -0.4 is 0 Å². The van der Waals surface area contributed by atoms with Gasteiger partial charge in [0.15, 0.2) is 17.5 Å². The summed E-state index contributed by atoms with van der Waals surface area (Å²) >= 11 is 0. The Bertz CT molecular complexity index is 3260. The normalized spacial score (nSPS) is 14.5. The molecule has 0 spiro atoms. The van der Waals surface area contributed by atoms with Crippen LogP contribution in [-0.2, 0) is 10.8 Å². The van der Waals surface area contributed by atoms with Crippen molar-refractivity contribution in [2.45, 2.75) is 38.5 Å². The Morgan fingerprint density at radius 2 is 0.879 bits per heavy atom. The van der Waals surface area contributed by atoms with E-state index in [1.807, 2.05) is 18.2 Å². The molecule has 0 bridgehead atoms. The number of fused-ring (bicyclic) bond motifs is 14. The van der Waals surface area contributed by atoms with Crippen LogP contribution >= 0.6 is 0 Å². The predicted molar refractivity (Wildman–Crippen MR) is 236 cm³/mol. The van der Waals surface area contributed by atoms with Gasteiger partial charge in [-0.2, -0.15) is 5.26 Å². The maximum atomic E-state index is 11.7. The van der Waals surface area contributed by atoms with E-state index in [2.05, 4.69) is 176 Å². The van der Waals surface area contributed by atoms with Gasteiger partial charge in [0.25, 0.3) is 0 Å². The van der Waals surface area contributed by atoms with E-state index in [4.69, 9.17) is 9.97 Å². The summed E-state index contributed by atoms with van der Waals surface area (Å²) in [5.74, 6) is 1.70. The van der Waals surface area contributed by atoms with Gasteiger partial charge < -0.3 is 0 Å². The van der Waals surface area contributed by atoms with Crippen LogP contribution in [0.25, 0.3) is 88.9 Å². The number of aromatic nitrogens is 4. The van der Waals surface area contributed by atoms with Crippen LogP contribution in [0.4, 0.5) is 0 Å². The lowest BCUT2D eigenvalue weighted by molar-refractivity contribution is 0.663. The average molecular weight is 744 g/mol. The molecule has 0 unspecified atom stereocenters. The molecule has 3 aromatic heterocycles. The first kappa shape index (κ1) is 32.9. The van der Waals surface area contributed by atoms with Gasteiger partial charge in [0.1, 0.15) is 11.6 Å². The molecule has 7 aromatic carbocycles. The van der Waals surface area contributed by atoms with E-state index in [1.165, 1.54) is 44.5 Å². The van der Waals surface area contributed by atoms with E-state index in [0.717, 1.165) is 49.2 Å². The molecule has 0 atom stereocenters. The summed E-state index contributed by atoms with van der Waals surface area (Å²) in [4.78, 5) is 10.9. The Balaban J connectivity index is 1.28. The number of hydrogen-bond donors (Lipinski definition) is 0. The second-order valence-corrected chi connectivity index (χ2v) is 16.9. The third-order valence-electron chi connectivity index (χ3n) is 13.1. The van der Waals surface area contributed by atoms with Crippen LogP contribution in [0.2, 0.25) is 0 Å². The Labute approximate surface area is 336 Å². The summed E-state index contributed by atoms with van der Waals surface area (Å²) < 4.78 is 4.54. The fraction of sp³-hybridized carbons (Fsp3) is 0.113. The summed E-state index contributed by atoms with van der Waals surface area (Å²) in [6.07, 6.45) is 0. The molecule has 2 aliphatic rings. The van der Waals surface area contributed by atoms with Crippen molar-refractivity contribution < 1.29 is 0 Å². The minimum absolute atomic E-state index is 0.309. The van der Waals surface area contributed by atoms with Gasteiger partial charge in [-0.15, -0.1) is 0 Å². The van der Waals surface area contributed by atoms with Crippen molar-refractivity contribution in [2.75, 3.05) is 0 Å². The lowest BCUT2D eigenvalue weighted by Crippen LogP contribution is -2.18. The number of rotatable bonds is 3. The van der Waals surface area contributed by atoms with E-state index in [0.29, 0.717) is 23.0 Å². The lowest BCUT2D eigenvalue weighted by atomic mass is 9.81. The van der Waals surface area contributed by atoms with E-state index in [9.17, 15) is 5.26 Å². The van der Waals surface area contributed by atoms with E-state index >= 15 is 0 Å². The molecule has 274 valence electrons. The molecular formula is C53H37N5. The van der Waals surface area contributed by atoms with Crippen LogP contribution in [0.5, 0.6) is 0 Å². The van der Waals surface area contributed by atoms with E-state index in [-0.39, 0.29) is 10.8 Å². The van der Waals surface area contributed by atoms with E-state index < -0.39 is 0 Å². The first-order valence-electron chi connectivity index (χ1n) is 20.0. The Morgan fingerprint density at radius 3 is 1.36 bits per heavy atom. The number of nitrogens with zero attached hydrogens (tertiary/aromatic N) is 5. The zero-order chi connectivity index (χ0) is 39.1. The highest BCUT2D eigenvalue weighted by Crippen LogP contribution is 2.55. The van der Waals surface area contributed by atoms with Gasteiger partial charge in [0.2, 0.25) is 0 Å². The summed E-state index contributed by atoms with van der Waals surface area (Å²) in [6.45, 7) is 9.29. The van der Waals surface area contributed by atoms with Crippen molar-refractivity contribution in [3.8, 4) is 51.3 Å². The molecule has 0 saturated heterocycles. The summed E-state index contributed by atoms with van der Waals surface area (Å²) in [5, 5.41) is 16.2. The molecule has 5 nitrogen and oxygen atoms in total. The zero-order valence-electron chi connectivity index (χ0n) is 32.7. The molecule has 0 amide bonds. The van der Waals surface area contributed by atoms with Crippen LogP contribution in [0.15, 0.2) is 152 Å². The summed E-state index contributed by atoms with van der Waals surface area (Å²) in [7, 11) is 0. The molecule has 3 heterocycles. The van der Waals surface area contributed by atoms with Gasteiger partial charge in [0, 0.05) is 37.9 Å². The molecule has 5 heteroatoms. The fourth-order valence-electron chi connectivity index (χ4n) is 10.6. The van der Waals surface area contributed by atoms with Gasteiger partial charge >= 0.3 is 0 Å². The molecule has 0 radical (unpaired) electrons. The van der Waals surface area contributed by atoms with Crippen LogP contribution in [0.1, 0.15) is 55.5 Å². The molecule has 10 aromatic rings. The average Bonchev–Trinajstić information content (AvgIpc) is 3.92. The number of benzene rings is 7. The molecular weight excluding hydrogens is 707 g/mol. The third-order valence-corrected chi connectivity index (χ3v) is 13.1.